The fourth-order valence-electron chi connectivity index (χ4n) is 4.67. The third kappa shape index (κ3) is 4.52. The Hall–Kier alpha value is -4.07. The lowest BCUT2D eigenvalue weighted by Gasteiger charge is -2.41. The van der Waals surface area contributed by atoms with Crippen molar-refractivity contribution in [2.24, 2.45) is 0 Å². The molecule has 1 saturated heterocycles. The summed E-state index contributed by atoms with van der Waals surface area (Å²) >= 11 is 0. The monoisotopic (exact) mass is 462 g/mol. The van der Waals surface area contributed by atoms with Gasteiger partial charge in [0.15, 0.2) is 11.5 Å². The summed E-state index contributed by atoms with van der Waals surface area (Å²) < 4.78 is 10.7. The molecule has 0 radical (unpaired) electrons. The minimum atomic E-state index is -1.07. The number of carbonyl (C=O) groups excluding carboxylic acids is 1. The van der Waals surface area contributed by atoms with E-state index in [4.69, 9.17) is 9.47 Å². The maximum atomic E-state index is 13.5. The summed E-state index contributed by atoms with van der Waals surface area (Å²) in [6.07, 6.45) is 0.0253. The van der Waals surface area contributed by atoms with Crippen molar-refractivity contribution >= 4 is 5.91 Å². The lowest BCUT2D eigenvalue weighted by Crippen LogP contribution is -2.51. The molecule has 34 heavy (non-hydrogen) atoms. The zero-order valence-corrected chi connectivity index (χ0v) is 19.0. The number of hydrogen-bond acceptors (Lipinski definition) is 6. The zero-order chi connectivity index (χ0) is 24.2. The van der Waals surface area contributed by atoms with E-state index >= 15 is 0 Å². The number of methoxy groups -OCH3 is 2. The molecule has 0 aromatic heterocycles. The SMILES string of the molecule is COc1ccc(CN2C(=O)C[C@@H](c3ccccc3)[C@H]([N+](=O)[O-])[C@H]2c2ccc(O)cc2)cc1OC. The third-order valence-electron chi connectivity index (χ3n) is 6.29. The zero-order valence-electron chi connectivity index (χ0n) is 19.0. The molecule has 0 aliphatic carbocycles. The Morgan fingerprint density at radius 1 is 0.971 bits per heavy atom. The molecule has 4 rings (SSSR count). The van der Waals surface area contributed by atoms with Crippen LogP contribution in [0.25, 0.3) is 0 Å². The Labute approximate surface area is 197 Å². The molecule has 0 spiro atoms. The Morgan fingerprint density at radius 3 is 2.26 bits per heavy atom. The molecular formula is C26H26N2O6. The van der Waals surface area contributed by atoms with E-state index in [1.54, 1.807) is 29.2 Å². The van der Waals surface area contributed by atoms with Crippen molar-refractivity contribution in [1.29, 1.82) is 0 Å². The fourth-order valence-corrected chi connectivity index (χ4v) is 4.67. The number of phenols is 1. The van der Waals surface area contributed by atoms with Gasteiger partial charge in [-0.2, -0.15) is 0 Å². The first-order chi connectivity index (χ1) is 16.4. The Bertz CT molecular complexity index is 1170. The molecule has 3 aromatic rings. The number of ether oxygens (including phenoxy) is 2. The number of amides is 1. The summed E-state index contributed by atoms with van der Waals surface area (Å²) in [5.74, 6) is 0.357. The van der Waals surface area contributed by atoms with Gasteiger partial charge in [0.1, 0.15) is 11.8 Å². The Kier molecular flexibility index (Phi) is 6.67. The van der Waals surface area contributed by atoms with E-state index in [9.17, 15) is 20.0 Å². The number of rotatable bonds is 7. The number of nitro groups is 1. The highest BCUT2D eigenvalue weighted by molar-refractivity contribution is 5.79. The highest BCUT2D eigenvalue weighted by Crippen LogP contribution is 2.43. The Morgan fingerprint density at radius 2 is 1.65 bits per heavy atom. The third-order valence-corrected chi connectivity index (χ3v) is 6.29. The predicted molar refractivity (Wildman–Crippen MR) is 126 cm³/mol. The number of aromatic hydroxyl groups is 1. The molecule has 0 bridgehead atoms. The maximum Gasteiger partial charge on any atom is 0.244 e. The van der Waals surface area contributed by atoms with Crippen LogP contribution >= 0.6 is 0 Å². The first-order valence-corrected chi connectivity index (χ1v) is 10.9. The second-order valence-electron chi connectivity index (χ2n) is 8.24. The van der Waals surface area contributed by atoms with E-state index in [0.29, 0.717) is 17.1 Å². The summed E-state index contributed by atoms with van der Waals surface area (Å²) in [6, 6.07) is 18.8. The minimum absolute atomic E-state index is 0.0253. The van der Waals surface area contributed by atoms with E-state index in [1.165, 1.54) is 26.4 Å². The van der Waals surface area contributed by atoms with Crippen LogP contribution in [-0.2, 0) is 11.3 Å². The minimum Gasteiger partial charge on any atom is -0.508 e. The van der Waals surface area contributed by atoms with Crippen molar-refractivity contribution in [2.75, 3.05) is 14.2 Å². The van der Waals surface area contributed by atoms with Gasteiger partial charge in [0.25, 0.3) is 0 Å². The number of piperidine rings is 1. The van der Waals surface area contributed by atoms with E-state index in [-0.39, 0.29) is 29.5 Å². The molecule has 1 N–H and O–H groups in total. The van der Waals surface area contributed by atoms with Crippen LogP contribution in [0.15, 0.2) is 72.8 Å². The van der Waals surface area contributed by atoms with Gasteiger partial charge >= 0.3 is 0 Å². The topological polar surface area (TPSA) is 102 Å². The van der Waals surface area contributed by atoms with Crippen LogP contribution in [0.1, 0.15) is 35.1 Å². The average Bonchev–Trinajstić information content (AvgIpc) is 2.85. The number of nitrogens with zero attached hydrogens (tertiary/aromatic N) is 2. The van der Waals surface area contributed by atoms with Gasteiger partial charge < -0.3 is 19.5 Å². The molecule has 1 aliphatic heterocycles. The average molecular weight is 463 g/mol. The van der Waals surface area contributed by atoms with E-state index < -0.39 is 18.0 Å². The molecular weight excluding hydrogens is 436 g/mol. The number of phenolic OH excluding ortho intramolecular Hbond substituents is 1. The van der Waals surface area contributed by atoms with Crippen molar-refractivity contribution in [2.45, 2.75) is 31.0 Å². The smallest absolute Gasteiger partial charge is 0.244 e. The molecule has 0 saturated carbocycles. The van der Waals surface area contributed by atoms with Crippen LogP contribution in [0, 0.1) is 10.1 Å². The first-order valence-electron chi connectivity index (χ1n) is 10.9. The van der Waals surface area contributed by atoms with Crippen molar-refractivity contribution in [3.63, 3.8) is 0 Å². The normalized spacial score (nSPS) is 20.1. The van der Waals surface area contributed by atoms with Crippen molar-refractivity contribution in [3.05, 3.63) is 99.6 Å². The molecule has 1 aliphatic rings. The standard InChI is InChI=1S/C26H26N2O6/c1-33-22-13-8-17(14-23(22)34-2)16-27-24(30)15-21(18-6-4-3-5-7-18)26(28(31)32)25(27)19-9-11-20(29)12-10-19/h3-14,21,25-26,29H,15-16H2,1-2H3/t21-,25+,26-/m0/s1. The van der Waals surface area contributed by atoms with E-state index in [1.807, 2.05) is 36.4 Å². The Balaban J connectivity index is 1.79. The van der Waals surface area contributed by atoms with Gasteiger partial charge in [-0.15, -0.1) is 0 Å². The van der Waals surface area contributed by atoms with Gasteiger partial charge in [0.2, 0.25) is 11.9 Å². The van der Waals surface area contributed by atoms with E-state index in [0.717, 1.165) is 11.1 Å². The molecule has 8 heteroatoms. The molecule has 8 nitrogen and oxygen atoms in total. The largest absolute Gasteiger partial charge is 0.508 e. The van der Waals surface area contributed by atoms with Gasteiger partial charge in [-0.1, -0.05) is 48.5 Å². The lowest BCUT2D eigenvalue weighted by atomic mass is 9.78. The highest BCUT2D eigenvalue weighted by Gasteiger charge is 2.50. The quantitative estimate of drug-likeness (QED) is 0.415. The second kappa shape index (κ2) is 9.82. The van der Waals surface area contributed by atoms with Gasteiger partial charge in [-0.05, 0) is 41.0 Å². The highest BCUT2D eigenvalue weighted by atomic mass is 16.6. The van der Waals surface area contributed by atoms with Gasteiger partial charge in [-0.25, -0.2) is 0 Å². The first kappa shape index (κ1) is 23.1. The number of hydrogen-bond donors (Lipinski definition) is 1. The molecule has 0 unspecified atom stereocenters. The molecule has 1 amide bonds. The number of benzene rings is 3. The van der Waals surface area contributed by atoms with Crippen LogP contribution in [0.5, 0.6) is 17.2 Å². The van der Waals surface area contributed by atoms with Gasteiger partial charge in [0, 0.05) is 17.9 Å². The molecule has 1 heterocycles. The van der Waals surface area contributed by atoms with Crippen LogP contribution in [0.3, 0.4) is 0 Å². The fraction of sp³-hybridized carbons (Fsp3) is 0.269. The van der Waals surface area contributed by atoms with Crippen molar-refractivity contribution in [3.8, 4) is 17.2 Å². The maximum absolute atomic E-state index is 13.5. The molecule has 3 atom stereocenters. The van der Waals surface area contributed by atoms with Gasteiger partial charge in [-0.3, -0.25) is 14.9 Å². The summed E-state index contributed by atoms with van der Waals surface area (Å²) in [4.78, 5) is 27.2. The van der Waals surface area contributed by atoms with Crippen LogP contribution < -0.4 is 9.47 Å². The van der Waals surface area contributed by atoms with Crippen LogP contribution in [-0.4, -0.2) is 41.1 Å². The summed E-state index contributed by atoms with van der Waals surface area (Å²) in [5, 5.41) is 22.2. The van der Waals surface area contributed by atoms with Crippen molar-refractivity contribution in [1.82, 2.24) is 4.90 Å². The summed E-state index contributed by atoms with van der Waals surface area (Å²) in [6.45, 7) is 0.163. The van der Waals surface area contributed by atoms with Crippen LogP contribution in [0.2, 0.25) is 0 Å². The molecule has 1 fully saturated rings. The number of carbonyl (C=O) groups is 1. The lowest BCUT2D eigenvalue weighted by molar-refractivity contribution is -0.537. The summed E-state index contributed by atoms with van der Waals surface area (Å²) in [7, 11) is 3.07. The molecule has 176 valence electrons. The van der Waals surface area contributed by atoms with E-state index in [2.05, 4.69) is 0 Å². The van der Waals surface area contributed by atoms with Crippen molar-refractivity contribution < 1.29 is 24.3 Å². The molecule has 3 aromatic carbocycles. The van der Waals surface area contributed by atoms with Crippen LogP contribution in [0.4, 0.5) is 0 Å². The number of likely N-dealkylation sites (tertiary alicyclic amines) is 1. The van der Waals surface area contributed by atoms with Gasteiger partial charge in [0.05, 0.1) is 20.1 Å². The summed E-state index contributed by atoms with van der Waals surface area (Å²) in [5.41, 5.74) is 2.11. The predicted octanol–water partition coefficient (Wildman–Crippen LogP) is 4.31. The second-order valence-corrected chi connectivity index (χ2v) is 8.24.